The SMILES string of the molecule is CNS(=O)(=O)c1ccc2c(c1)CCN2c1cc(OC2CCN(C(=O)O)CC2)ncn1. The third kappa shape index (κ3) is 4.03. The highest BCUT2D eigenvalue weighted by Gasteiger charge is 2.26. The van der Waals surface area contributed by atoms with Gasteiger partial charge in [0.25, 0.3) is 0 Å². The van der Waals surface area contributed by atoms with Crippen LogP contribution in [0.25, 0.3) is 0 Å². The summed E-state index contributed by atoms with van der Waals surface area (Å²) in [5, 5.41) is 9.05. The maximum absolute atomic E-state index is 12.0. The van der Waals surface area contributed by atoms with Gasteiger partial charge in [-0.1, -0.05) is 0 Å². The van der Waals surface area contributed by atoms with Gasteiger partial charge in [0.2, 0.25) is 15.9 Å². The van der Waals surface area contributed by atoms with Gasteiger partial charge in [0.1, 0.15) is 18.2 Å². The summed E-state index contributed by atoms with van der Waals surface area (Å²) in [6.07, 6.45) is 2.37. The molecule has 1 saturated heterocycles. The summed E-state index contributed by atoms with van der Waals surface area (Å²) >= 11 is 0. The molecule has 1 aromatic carbocycles. The van der Waals surface area contributed by atoms with E-state index < -0.39 is 16.1 Å². The minimum atomic E-state index is -3.49. The van der Waals surface area contributed by atoms with Crippen LogP contribution >= 0.6 is 0 Å². The molecule has 10 nitrogen and oxygen atoms in total. The second-order valence-corrected chi connectivity index (χ2v) is 9.09. The number of nitrogens with one attached hydrogen (secondary N) is 1. The molecule has 0 aliphatic carbocycles. The number of sulfonamides is 1. The standard InChI is InChI=1S/C19H23N5O5S/c1-20-30(27,28)15-2-3-16-13(10-15)4-9-24(16)17-11-18(22-12-21-17)29-14-5-7-23(8-6-14)19(25)26/h2-3,10-12,14,20H,4-9H2,1H3,(H,25,26). The molecule has 0 bridgehead atoms. The third-order valence-electron chi connectivity index (χ3n) is 5.43. The number of rotatable bonds is 5. The fraction of sp³-hybridized carbons (Fsp3) is 0.421. The maximum atomic E-state index is 12.0. The zero-order valence-corrected chi connectivity index (χ0v) is 17.3. The summed E-state index contributed by atoms with van der Waals surface area (Å²) in [5.41, 5.74) is 1.85. The largest absolute Gasteiger partial charge is 0.474 e. The van der Waals surface area contributed by atoms with Crippen molar-refractivity contribution in [3.05, 3.63) is 36.2 Å². The first-order chi connectivity index (χ1) is 14.4. The van der Waals surface area contributed by atoms with Crippen LogP contribution in [0.15, 0.2) is 35.5 Å². The van der Waals surface area contributed by atoms with Crippen molar-refractivity contribution in [3.63, 3.8) is 0 Å². The van der Waals surface area contributed by atoms with E-state index in [-0.39, 0.29) is 11.0 Å². The van der Waals surface area contributed by atoms with Crippen molar-refractivity contribution in [1.82, 2.24) is 19.6 Å². The fourth-order valence-electron chi connectivity index (χ4n) is 3.78. The number of hydrogen-bond donors (Lipinski definition) is 2. The van der Waals surface area contributed by atoms with E-state index in [0.29, 0.717) is 50.6 Å². The first-order valence-corrected chi connectivity index (χ1v) is 11.2. The van der Waals surface area contributed by atoms with Crippen molar-refractivity contribution in [2.45, 2.75) is 30.3 Å². The predicted molar refractivity (Wildman–Crippen MR) is 109 cm³/mol. The highest BCUT2D eigenvalue weighted by molar-refractivity contribution is 7.89. The van der Waals surface area contributed by atoms with E-state index in [9.17, 15) is 13.2 Å². The molecule has 4 rings (SSSR count). The minimum Gasteiger partial charge on any atom is -0.474 e. The normalized spacial score (nSPS) is 17.1. The Morgan fingerprint density at radius 3 is 2.67 bits per heavy atom. The number of amides is 1. The number of fused-ring (bicyclic) bond motifs is 1. The Balaban J connectivity index is 1.49. The van der Waals surface area contributed by atoms with Gasteiger partial charge in [-0.15, -0.1) is 0 Å². The first kappa shape index (κ1) is 20.4. The van der Waals surface area contributed by atoms with E-state index in [4.69, 9.17) is 9.84 Å². The van der Waals surface area contributed by atoms with Crippen LogP contribution in [0.1, 0.15) is 18.4 Å². The lowest BCUT2D eigenvalue weighted by molar-refractivity contribution is 0.0870. The number of anilines is 2. The van der Waals surface area contributed by atoms with Gasteiger partial charge in [0.05, 0.1) is 4.90 Å². The van der Waals surface area contributed by atoms with E-state index in [0.717, 1.165) is 11.3 Å². The Morgan fingerprint density at radius 2 is 1.97 bits per heavy atom. The lowest BCUT2D eigenvalue weighted by Crippen LogP contribution is -2.41. The van der Waals surface area contributed by atoms with Gasteiger partial charge in [0, 0.05) is 44.2 Å². The average Bonchev–Trinajstić information content (AvgIpc) is 3.18. The molecule has 2 aliphatic rings. The van der Waals surface area contributed by atoms with Crippen molar-refractivity contribution < 1.29 is 23.1 Å². The molecule has 1 aromatic heterocycles. The number of nitrogens with zero attached hydrogens (tertiary/aromatic N) is 4. The quantitative estimate of drug-likeness (QED) is 0.728. The van der Waals surface area contributed by atoms with Gasteiger partial charge >= 0.3 is 6.09 Å². The van der Waals surface area contributed by atoms with Crippen LogP contribution in [0.3, 0.4) is 0 Å². The van der Waals surface area contributed by atoms with Gasteiger partial charge in [-0.3, -0.25) is 0 Å². The smallest absolute Gasteiger partial charge is 0.407 e. The van der Waals surface area contributed by atoms with Crippen LogP contribution in [0.4, 0.5) is 16.3 Å². The van der Waals surface area contributed by atoms with Crippen molar-refractivity contribution >= 4 is 27.6 Å². The number of ether oxygens (including phenoxy) is 1. The molecule has 3 heterocycles. The van der Waals surface area contributed by atoms with Gasteiger partial charge in [-0.2, -0.15) is 0 Å². The third-order valence-corrected chi connectivity index (χ3v) is 6.84. The van der Waals surface area contributed by atoms with Gasteiger partial charge in [-0.25, -0.2) is 27.9 Å². The Hall–Kier alpha value is -2.92. The average molecular weight is 433 g/mol. The molecule has 2 N–H and O–H groups in total. The molecule has 1 amide bonds. The summed E-state index contributed by atoms with van der Waals surface area (Å²) in [4.78, 5) is 23.2. The topological polar surface area (TPSA) is 125 Å². The van der Waals surface area contributed by atoms with Crippen LogP contribution in [0.5, 0.6) is 5.88 Å². The Kier molecular flexibility index (Phi) is 5.48. The number of aromatic nitrogens is 2. The Labute approximate surface area is 174 Å². The van der Waals surface area contributed by atoms with Crippen LogP contribution in [-0.4, -0.2) is 67.3 Å². The summed E-state index contributed by atoms with van der Waals surface area (Å²) in [6.45, 7) is 1.55. The lowest BCUT2D eigenvalue weighted by atomic mass is 10.1. The summed E-state index contributed by atoms with van der Waals surface area (Å²) in [7, 11) is -2.10. The number of benzene rings is 1. The maximum Gasteiger partial charge on any atom is 0.407 e. The van der Waals surface area contributed by atoms with Crippen LogP contribution < -0.4 is 14.4 Å². The van der Waals surface area contributed by atoms with E-state index in [1.165, 1.54) is 18.3 Å². The highest BCUT2D eigenvalue weighted by Crippen LogP contribution is 2.35. The molecule has 0 spiro atoms. The number of hydrogen-bond acceptors (Lipinski definition) is 7. The monoisotopic (exact) mass is 433 g/mol. The van der Waals surface area contributed by atoms with Crippen molar-refractivity contribution in [3.8, 4) is 5.88 Å². The number of piperidine rings is 1. The van der Waals surface area contributed by atoms with Crippen molar-refractivity contribution in [2.24, 2.45) is 0 Å². The zero-order chi connectivity index (χ0) is 21.3. The van der Waals surface area contributed by atoms with Crippen LogP contribution in [-0.2, 0) is 16.4 Å². The molecule has 11 heteroatoms. The van der Waals surface area contributed by atoms with Gasteiger partial charge in [-0.05, 0) is 37.2 Å². The Bertz CT molecular complexity index is 1050. The van der Waals surface area contributed by atoms with Crippen LogP contribution in [0, 0.1) is 0 Å². The molecular formula is C19H23N5O5S. The Morgan fingerprint density at radius 1 is 1.20 bits per heavy atom. The molecule has 160 valence electrons. The molecule has 30 heavy (non-hydrogen) atoms. The molecule has 0 saturated carbocycles. The summed E-state index contributed by atoms with van der Waals surface area (Å²) in [6, 6.07) is 6.82. The van der Waals surface area contributed by atoms with Crippen molar-refractivity contribution in [2.75, 3.05) is 31.6 Å². The van der Waals surface area contributed by atoms with E-state index in [1.807, 2.05) is 4.90 Å². The van der Waals surface area contributed by atoms with E-state index in [1.54, 1.807) is 24.3 Å². The summed E-state index contributed by atoms with van der Waals surface area (Å²) < 4.78 is 32.4. The van der Waals surface area contributed by atoms with E-state index in [2.05, 4.69) is 14.7 Å². The van der Waals surface area contributed by atoms with Crippen LogP contribution in [0.2, 0.25) is 0 Å². The van der Waals surface area contributed by atoms with E-state index >= 15 is 0 Å². The second-order valence-electron chi connectivity index (χ2n) is 7.20. The molecular weight excluding hydrogens is 410 g/mol. The summed E-state index contributed by atoms with van der Waals surface area (Å²) in [5.74, 6) is 1.11. The van der Waals surface area contributed by atoms with Gasteiger partial charge < -0.3 is 19.6 Å². The number of carboxylic acid groups (broad SMARTS) is 1. The lowest BCUT2D eigenvalue weighted by Gasteiger charge is -2.30. The molecule has 0 atom stereocenters. The minimum absolute atomic E-state index is 0.0940. The van der Waals surface area contributed by atoms with Gasteiger partial charge in [0.15, 0.2) is 0 Å². The van der Waals surface area contributed by atoms with Crippen molar-refractivity contribution in [1.29, 1.82) is 0 Å². The first-order valence-electron chi connectivity index (χ1n) is 9.68. The fourth-order valence-corrected chi connectivity index (χ4v) is 4.56. The number of likely N-dealkylation sites (tertiary alicyclic amines) is 1. The second kappa shape index (κ2) is 8.07. The molecule has 0 radical (unpaired) electrons. The highest BCUT2D eigenvalue weighted by atomic mass is 32.2. The molecule has 2 aliphatic heterocycles. The molecule has 2 aromatic rings. The predicted octanol–water partition coefficient (Wildman–Crippen LogP) is 1.60. The molecule has 0 unspecified atom stereocenters. The molecule has 1 fully saturated rings. The number of carbonyl (C=O) groups is 1. The zero-order valence-electron chi connectivity index (χ0n) is 16.5.